The Morgan fingerprint density at radius 1 is 1.17 bits per heavy atom. The van der Waals surface area contributed by atoms with Crippen molar-refractivity contribution in [2.45, 2.75) is 43.7 Å². The fraction of sp³-hybridized carbons (Fsp3) is 0.381. The summed E-state index contributed by atoms with van der Waals surface area (Å²) in [6.45, 7) is 4.73. The summed E-state index contributed by atoms with van der Waals surface area (Å²) in [7, 11) is -4.03. The van der Waals surface area contributed by atoms with Crippen LogP contribution in [0.5, 0.6) is 0 Å². The van der Waals surface area contributed by atoms with Crippen LogP contribution in [0.4, 0.5) is 10.1 Å². The third kappa shape index (κ3) is 5.33. The Morgan fingerprint density at radius 3 is 2.66 bits per heavy atom. The molecule has 0 radical (unpaired) electrons. The number of hydrogen-bond donors (Lipinski definition) is 2. The van der Waals surface area contributed by atoms with E-state index in [1.165, 1.54) is 42.5 Å². The number of anilines is 1. The van der Waals surface area contributed by atoms with Gasteiger partial charge in [0.25, 0.3) is 15.9 Å². The van der Waals surface area contributed by atoms with Crippen molar-refractivity contribution >= 4 is 21.6 Å². The molecule has 2 N–H and O–H groups in total. The Bertz CT molecular complexity index is 978. The average molecular weight is 421 g/mol. The number of nitrogens with one attached hydrogen (secondary N) is 2. The Morgan fingerprint density at radius 2 is 1.93 bits per heavy atom. The number of rotatable bonds is 6. The van der Waals surface area contributed by atoms with E-state index >= 15 is 0 Å². The Labute approximate surface area is 170 Å². The molecule has 2 atom stereocenters. The van der Waals surface area contributed by atoms with E-state index in [1.54, 1.807) is 6.07 Å². The van der Waals surface area contributed by atoms with Gasteiger partial charge in [-0.1, -0.05) is 32.0 Å². The summed E-state index contributed by atoms with van der Waals surface area (Å²) >= 11 is 0. The molecule has 0 saturated carbocycles. The summed E-state index contributed by atoms with van der Waals surface area (Å²) in [4.78, 5) is 12.5. The maximum Gasteiger partial charge on any atom is 0.262 e. The van der Waals surface area contributed by atoms with Crippen molar-refractivity contribution in [3.05, 3.63) is 59.9 Å². The highest BCUT2D eigenvalue weighted by atomic mass is 32.2. The normalized spacial score (nSPS) is 19.7. The molecule has 0 aliphatic carbocycles. The predicted octanol–water partition coefficient (Wildman–Crippen LogP) is 3.56. The van der Waals surface area contributed by atoms with Gasteiger partial charge in [0, 0.05) is 18.2 Å². The van der Waals surface area contributed by atoms with E-state index in [2.05, 4.69) is 23.9 Å². The number of para-hydroxylation sites is 1. The molecule has 1 aliphatic rings. The molecule has 0 unspecified atom stereocenters. The van der Waals surface area contributed by atoms with E-state index in [0.29, 0.717) is 18.9 Å². The summed E-state index contributed by atoms with van der Waals surface area (Å²) in [5, 5.41) is 2.96. The van der Waals surface area contributed by atoms with Crippen LogP contribution in [-0.2, 0) is 14.8 Å². The van der Waals surface area contributed by atoms with Crippen LogP contribution in [0.25, 0.3) is 0 Å². The van der Waals surface area contributed by atoms with Crippen LogP contribution in [0.15, 0.2) is 53.4 Å². The first-order valence-corrected chi connectivity index (χ1v) is 11.0. The maximum atomic E-state index is 13.8. The van der Waals surface area contributed by atoms with Gasteiger partial charge in [-0.05, 0) is 49.1 Å². The van der Waals surface area contributed by atoms with Gasteiger partial charge in [0.2, 0.25) is 0 Å². The van der Waals surface area contributed by atoms with Crippen LogP contribution >= 0.6 is 0 Å². The standard InChI is InChI=1S/C21H25FN2O4S/c1-14(2)20-13-16(10-11-28-20)23-21(25)15-6-5-7-17(12-15)29(26,27)24-19-9-4-3-8-18(19)22/h3-9,12,14,16,20,24H,10-11,13H2,1-2H3,(H,23,25)/t16-,20-/m1/s1. The Kier molecular flexibility index (Phi) is 6.54. The van der Waals surface area contributed by atoms with Gasteiger partial charge in [-0.3, -0.25) is 9.52 Å². The second kappa shape index (κ2) is 8.92. The van der Waals surface area contributed by atoms with Gasteiger partial charge in [-0.25, -0.2) is 12.8 Å². The van der Waals surface area contributed by atoms with Crippen molar-refractivity contribution < 1.29 is 22.3 Å². The van der Waals surface area contributed by atoms with Gasteiger partial charge in [-0.2, -0.15) is 0 Å². The number of ether oxygens (including phenoxy) is 1. The van der Waals surface area contributed by atoms with Crippen molar-refractivity contribution in [3.63, 3.8) is 0 Å². The number of halogens is 1. The monoisotopic (exact) mass is 420 g/mol. The SMILES string of the molecule is CC(C)[C@H]1C[C@H](NC(=O)c2cccc(S(=O)(=O)Nc3ccccc3F)c2)CCO1. The van der Waals surface area contributed by atoms with E-state index in [4.69, 9.17) is 4.74 Å². The molecule has 2 aromatic rings. The minimum atomic E-state index is -4.03. The first-order chi connectivity index (χ1) is 13.8. The molecule has 1 aliphatic heterocycles. The molecule has 156 valence electrons. The molecular weight excluding hydrogens is 395 g/mol. The van der Waals surface area contributed by atoms with E-state index in [0.717, 1.165) is 6.42 Å². The van der Waals surface area contributed by atoms with E-state index < -0.39 is 15.8 Å². The second-order valence-electron chi connectivity index (χ2n) is 7.46. The number of amides is 1. The second-order valence-corrected chi connectivity index (χ2v) is 9.14. The van der Waals surface area contributed by atoms with E-state index in [1.807, 2.05) is 0 Å². The number of hydrogen-bond acceptors (Lipinski definition) is 4. The van der Waals surface area contributed by atoms with E-state index in [9.17, 15) is 17.6 Å². The van der Waals surface area contributed by atoms with Gasteiger partial charge in [-0.15, -0.1) is 0 Å². The Balaban J connectivity index is 1.73. The van der Waals surface area contributed by atoms with Crippen molar-refractivity contribution in [2.24, 2.45) is 5.92 Å². The zero-order valence-electron chi connectivity index (χ0n) is 16.4. The van der Waals surface area contributed by atoms with Gasteiger partial charge in [0.15, 0.2) is 0 Å². The van der Waals surface area contributed by atoms with Crippen molar-refractivity contribution in [3.8, 4) is 0 Å². The van der Waals surface area contributed by atoms with Crippen molar-refractivity contribution in [1.82, 2.24) is 5.32 Å². The number of carbonyl (C=O) groups is 1. The number of carbonyl (C=O) groups excluding carboxylic acids is 1. The average Bonchev–Trinajstić information content (AvgIpc) is 2.70. The predicted molar refractivity (Wildman–Crippen MR) is 109 cm³/mol. The van der Waals surface area contributed by atoms with Crippen LogP contribution in [0, 0.1) is 11.7 Å². The third-order valence-electron chi connectivity index (χ3n) is 4.92. The maximum absolute atomic E-state index is 13.8. The lowest BCUT2D eigenvalue weighted by Gasteiger charge is -2.32. The van der Waals surface area contributed by atoms with Gasteiger partial charge >= 0.3 is 0 Å². The smallest absolute Gasteiger partial charge is 0.262 e. The quantitative estimate of drug-likeness (QED) is 0.748. The van der Waals surface area contributed by atoms with Crippen LogP contribution in [0.3, 0.4) is 0 Å². The lowest BCUT2D eigenvalue weighted by molar-refractivity contribution is -0.0233. The number of benzene rings is 2. The molecule has 1 heterocycles. The molecule has 0 aromatic heterocycles. The highest BCUT2D eigenvalue weighted by molar-refractivity contribution is 7.92. The summed E-state index contributed by atoms with van der Waals surface area (Å²) < 4.78 is 46.9. The Hall–Kier alpha value is -2.45. The van der Waals surface area contributed by atoms with Crippen LogP contribution in [-0.4, -0.2) is 33.1 Å². The fourth-order valence-corrected chi connectivity index (χ4v) is 4.36. The van der Waals surface area contributed by atoms with Gasteiger partial charge in [0.1, 0.15) is 5.82 Å². The highest BCUT2D eigenvalue weighted by Gasteiger charge is 2.26. The lowest BCUT2D eigenvalue weighted by atomic mass is 9.95. The summed E-state index contributed by atoms with van der Waals surface area (Å²) in [5.74, 6) is -0.667. The first-order valence-electron chi connectivity index (χ1n) is 9.56. The third-order valence-corrected chi connectivity index (χ3v) is 6.28. The molecule has 8 heteroatoms. The van der Waals surface area contributed by atoms with Crippen molar-refractivity contribution in [1.29, 1.82) is 0 Å². The van der Waals surface area contributed by atoms with Gasteiger partial charge in [0.05, 0.1) is 16.7 Å². The summed E-state index contributed by atoms with van der Waals surface area (Å²) in [6.07, 6.45) is 1.52. The molecule has 1 fully saturated rings. The van der Waals surface area contributed by atoms with Gasteiger partial charge < -0.3 is 10.1 Å². The zero-order valence-corrected chi connectivity index (χ0v) is 17.2. The summed E-state index contributed by atoms with van der Waals surface area (Å²) in [5.41, 5.74) is 0.0817. The van der Waals surface area contributed by atoms with Crippen LogP contribution in [0.2, 0.25) is 0 Å². The fourth-order valence-electron chi connectivity index (χ4n) is 3.24. The van der Waals surface area contributed by atoms with Crippen LogP contribution < -0.4 is 10.0 Å². The molecule has 0 bridgehead atoms. The minimum Gasteiger partial charge on any atom is -0.378 e. The summed E-state index contributed by atoms with van der Waals surface area (Å²) in [6, 6.07) is 11.2. The topological polar surface area (TPSA) is 84.5 Å². The molecule has 0 spiro atoms. The minimum absolute atomic E-state index is 0.0274. The number of sulfonamides is 1. The highest BCUT2D eigenvalue weighted by Crippen LogP contribution is 2.22. The molecule has 2 aromatic carbocycles. The largest absolute Gasteiger partial charge is 0.378 e. The molecule has 1 saturated heterocycles. The molecular formula is C21H25FN2O4S. The molecule has 6 nitrogen and oxygen atoms in total. The van der Waals surface area contributed by atoms with Crippen LogP contribution in [0.1, 0.15) is 37.0 Å². The molecule has 29 heavy (non-hydrogen) atoms. The lowest BCUT2D eigenvalue weighted by Crippen LogP contribution is -2.43. The first kappa shape index (κ1) is 21.3. The van der Waals surface area contributed by atoms with Crippen molar-refractivity contribution in [2.75, 3.05) is 11.3 Å². The van der Waals surface area contributed by atoms with E-state index in [-0.39, 0.29) is 34.2 Å². The zero-order chi connectivity index (χ0) is 21.0. The molecule has 3 rings (SSSR count). The molecule has 1 amide bonds.